The third kappa shape index (κ3) is 4.48. The SMILES string of the molecule is Cc1ccccc1CN1CCN([C@H](C)C(=O)Nc2ccccc2F)CC1. The summed E-state index contributed by atoms with van der Waals surface area (Å²) >= 11 is 0. The summed E-state index contributed by atoms with van der Waals surface area (Å²) in [6, 6.07) is 14.4. The average molecular weight is 355 g/mol. The number of nitrogens with one attached hydrogen (secondary N) is 1. The van der Waals surface area contributed by atoms with Crippen LogP contribution in [0.2, 0.25) is 0 Å². The van der Waals surface area contributed by atoms with Crippen molar-refractivity contribution in [2.75, 3.05) is 31.5 Å². The molecule has 1 saturated heterocycles. The van der Waals surface area contributed by atoms with Gasteiger partial charge in [0.05, 0.1) is 11.7 Å². The summed E-state index contributed by atoms with van der Waals surface area (Å²) in [5.74, 6) is -0.571. The Morgan fingerprint density at radius 3 is 2.42 bits per heavy atom. The average Bonchev–Trinajstić information content (AvgIpc) is 2.65. The molecule has 0 radical (unpaired) electrons. The Labute approximate surface area is 154 Å². The van der Waals surface area contributed by atoms with Crippen LogP contribution >= 0.6 is 0 Å². The molecule has 1 atom stereocenters. The molecule has 1 aliphatic heterocycles. The molecule has 5 heteroatoms. The molecule has 26 heavy (non-hydrogen) atoms. The van der Waals surface area contributed by atoms with Crippen LogP contribution < -0.4 is 5.32 Å². The zero-order valence-corrected chi connectivity index (χ0v) is 15.4. The van der Waals surface area contributed by atoms with Gasteiger partial charge in [-0.15, -0.1) is 0 Å². The van der Waals surface area contributed by atoms with Gasteiger partial charge in [-0.05, 0) is 37.1 Å². The highest BCUT2D eigenvalue weighted by Crippen LogP contribution is 2.16. The molecule has 4 nitrogen and oxygen atoms in total. The van der Waals surface area contributed by atoms with Crippen molar-refractivity contribution in [2.24, 2.45) is 0 Å². The van der Waals surface area contributed by atoms with Crippen LogP contribution in [0.5, 0.6) is 0 Å². The Morgan fingerprint density at radius 2 is 1.73 bits per heavy atom. The fourth-order valence-corrected chi connectivity index (χ4v) is 3.30. The maximum absolute atomic E-state index is 13.7. The van der Waals surface area contributed by atoms with Gasteiger partial charge >= 0.3 is 0 Å². The van der Waals surface area contributed by atoms with E-state index in [4.69, 9.17) is 0 Å². The minimum absolute atomic E-state index is 0.164. The van der Waals surface area contributed by atoms with Gasteiger partial charge in [-0.3, -0.25) is 14.6 Å². The second-order valence-electron chi connectivity index (χ2n) is 6.88. The number of piperazine rings is 1. The van der Waals surface area contributed by atoms with Crippen molar-refractivity contribution in [3.05, 3.63) is 65.5 Å². The zero-order chi connectivity index (χ0) is 18.5. The van der Waals surface area contributed by atoms with Gasteiger partial charge in [0.1, 0.15) is 5.82 Å². The Kier molecular flexibility index (Phi) is 6.01. The maximum Gasteiger partial charge on any atom is 0.241 e. The number of rotatable bonds is 5. The van der Waals surface area contributed by atoms with Gasteiger partial charge in [-0.25, -0.2) is 4.39 Å². The van der Waals surface area contributed by atoms with E-state index in [0.29, 0.717) is 0 Å². The van der Waals surface area contributed by atoms with E-state index in [1.165, 1.54) is 17.2 Å². The van der Waals surface area contributed by atoms with E-state index >= 15 is 0 Å². The smallest absolute Gasteiger partial charge is 0.241 e. The number of carbonyl (C=O) groups is 1. The van der Waals surface area contributed by atoms with Crippen molar-refractivity contribution in [3.8, 4) is 0 Å². The molecule has 0 spiro atoms. The van der Waals surface area contributed by atoms with E-state index in [1.54, 1.807) is 18.2 Å². The predicted octanol–water partition coefficient (Wildman–Crippen LogP) is 3.28. The van der Waals surface area contributed by atoms with Crippen LogP contribution in [0.3, 0.4) is 0 Å². The first-order valence-electron chi connectivity index (χ1n) is 9.11. The molecule has 1 N–H and O–H groups in total. The molecule has 0 bridgehead atoms. The van der Waals surface area contributed by atoms with Gasteiger partial charge in [-0.1, -0.05) is 36.4 Å². The second-order valence-corrected chi connectivity index (χ2v) is 6.88. The number of para-hydroxylation sites is 1. The lowest BCUT2D eigenvalue weighted by molar-refractivity contribution is -0.121. The first-order chi connectivity index (χ1) is 12.5. The topological polar surface area (TPSA) is 35.6 Å². The largest absolute Gasteiger partial charge is 0.322 e. The molecule has 2 aromatic carbocycles. The molecule has 0 aromatic heterocycles. The number of halogens is 1. The number of hydrogen-bond donors (Lipinski definition) is 1. The highest BCUT2D eigenvalue weighted by atomic mass is 19.1. The first-order valence-corrected chi connectivity index (χ1v) is 9.11. The van der Waals surface area contributed by atoms with Crippen LogP contribution in [0, 0.1) is 12.7 Å². The minimum Gasteiger partial charge on any atom is -0.322 e. The summed E-state index contributed by atoms with van der Waals surface area (Å²) in [6.45, 7) is 8.47. The van der Waals surface area contributed by atoms with Crippen LogP contribution in [-0.2, 0) is 11.3 Å². The molecule has 0 unspecified atom stereocenters. The maximum atomic E-state index is 13.7. The molecule has 1 heterocycles. The summed E-state index contributed by atoms with van der Waals surface area (Å²) < 4.78 is 13.7. The first kappa shape index (κ1) is 18.5. The van der Waals surface area contributed by atoms with E-state index in [1.807, 2.05) is 6.92 Å². The van der Waals surface area contributed by atoms with Crippen molar-refractivity contribution in [1.82, 2.24) is 9.80 Å². The summed E-state index contributed by atoms with van der Waals surface area (Å²) in [5.41, 5.74) is 2.90. The van der Waals surface area contributed by atoms with E-state index in [2.05, 4.69) is 46.3 Å². The molecule has 138 valence electrons. The monoisotopic (exact) mass is 355 g/mol. The number of amides is 1. The lowest BCUT2D eigenvalue weighted by Gasteiger charge is -2.37. The highest BCUT2D eigenvalue weighted by molar-refractivity contribution is 5.94. The summed E-state index contributed by atoms with van der Waals surface area (Å²) in [6.07, 6.45) is 0. The lowest BCUT2D eigenvalue weighted by atomic mass is 10.1. The zero-order valence-electron chi connectivity index (χ0n) is 15.4. The molecule has 3 rings (SSSR count). The van der Waals surface area contributed by atoms with Crippen molar-refractivity contribution < 1.29 is 9.18 Å². The fraction of sp³-hybridized carbons (Fsp3) is 0.381. The predicted molar refractivity (Wildman–Crippen MR) is 103 cm³/mol. The number of nitrogens with zero attached hydrogens (tertiary/aromatic N) is 2. The van der Waals surface area contributed by atoms with E-state index in [0.717, 1.165) is 32.7 Å². The molecule has 1 aliphatic rings. The third-order valence-electron chi connectivity index (χ3n) is 5.12. The number of hydrogen-bond acceptors (Lipinski definition) is 3. The van der Waals surface area contributed by atoms with Gasteiger partial charge in [0.2, 0.25) is 5.91 Å². The number of aryl methyl sites for hydroxylation is 1. The van der Waals surface area contributed by atoms with Gasteiger partial charge < -0.3 is 5.32 Å². The Balaban J connectivity index is 1.52. The molecule has 1 fully saturated rings. The lowest BCUT2D eigenvalue weighted by Crippen LogP contribution is -2.52. The minimum atomic E-state index is -0.406. The fourth-order valence-electron chi connectivity index (χ4n) is 3.30. The number of carbonyl (C=O) groups excluding carboxylic acids is 1. The van der Waals surface area contributed by atoms with Crippen LogP contribution in [0.4, 0.5) is 10.1 Å². The van der Waals surface area contributed by atoms with Gasteiger partial charge in [0.15, 0.2) is 0 Å². The van der Waals surface area contributed by atoms with Crippen molar-refractivity contribution >= 4 is 11.6 Å². The molecule has 2 aromatic rings. The van der Waals surface area contributed by atoms with Crippen LogP contribution in [0.1, 0.15) is 18.1 Å². The summed E-state index contributed by atoms with van der Waals surface area (Å²) in [5, 5.41) is 2.70. The van der Waals surface area contributed by atoms with Crippen LogP contribution in [-0.4, -0.2) is 47.9 Å². The van der Waals surface area contributed by atoms with Crippen LogP contribution in [0.15, 0.2) is 48.5 Å². The standard InChI is InChI=1S/C21H26FN3O/c1-16-7-3-4-8-18(16)15-24-11-13-25(14-12-24)17(2)21(26)23-20-10-6-5-9-19(20)22/h3-10,17H,11-15H2,1-2H3,(H,23,26)/t17-/m1/s1. The van der Waals surface area contributed by atoms with Crippen molar-refractivity contribution in [1.29, 1.82) is 0 Å². The third-order valence-corrected chi connectivity index (χ3v) is 5.12. The molecular formula is C21H26FN3O. The number of benzene rings is 2. The number of anilines is 1. The highest BCUT2D eigenvalue weighted by Gasteiger charge is 2.26. The van der Waals surface area contributed by atoms with Gasteiger partial charge in [0, 0.05) is 32.7 Å². The quantitative estimate of drug-likeness (QED) is 0.894. The Bertz CT molecular complexity index is 756. The normalized spacial score (nSPS) is 17.0. The second kappa shape index (κ2) is 8.43. The van der Waals surface area contributed by atoms with E-state index < -0.39 is 5.82 Å². The van der Waals surface area contributed by atoms with Crippen molar-refractivity contribution in [2.45, 2.75) is 26.4 Å². The van der Waals surface area contributed by atoms with E-state index in [9.17, 15) is 9.18 Å². The van der Waals surface area contributed by atoms with Gasteiger partial charge in [-0.2, -0.15) is 0 Å². The van der Waals surface area contributed by atoms with Crippen molar-refractivity contribution in [3.63, 3.8) is 0 Å². The van der Waals surface area contributed by atoms with Crippen LogP contribution in [0.25, 0.3) is 0 Å². The summed E-state index contributed by atoms with van der Waals surface area (Å²) in [4.78, 5) is 17.0. The van der Waals surface area contributed by atoms with E-state index in [-0.39, 0.29) is 17.6 Å². The van der Waals surface area contributed by atoms with Gasteiger partial charge in [0.25, 0.3) is 0 Å². The Hall–Kier alpha value is -2.24. The molecule has 0 saturated carbocycles. The molecule has 0 aliphatic carbocycles. The molecule has 1 amide bonds. The molecular weight excluding hydrogens is 329 g/mol. The summed E-state index contributed by atoms with van der Waals surface area (Å²) in [7, 11) is 0. The Morgan fingerprint density at radius 1 is 1.08 bits per heavy atom.